The van der Waals surface area contributed by atoms with Crippen molar-refractivity contribution in [2.75, 3.05) is 11.9 Å². The van der Waals surface area contributed by atoms with E-state index < -0.39 is 4.92 Å². The van der Waals surface area contributed by atoms with Gasteiger partial charge in [0.2, 0.25) is 0 Å². The van der Waals surface area contributed by atoms with Crippen LogP contribution in [0.3, 0.4) is 0 Å². The molecule has 0 amide bonds. The second-order valence-corrected chi connectivity index (χ2v) is 5.64. The van der Waals surface area contributed by atoms with Gasteiger partial charge in [-0.3, -0.25) is 10.1 Å². The fraction of sp³-hybridized carbons (Fsp3) is 0.375. The molecule has 1 aliphatic rings. The fourth-order valence-electron chi connectivity index (χ4n) is 2.86. The van der Waals surface area contributed by atoms with Crippen LogP contribution >= 0.6 is 0 Å². The molecule has 1 aromatic carbocycles. The summed E-state index contributed by atoms with van der Waals surface area (Å²) in [6, 6.07) is 5.12. The lowest BCUT2D eigenvalue weighted by molar-refractivity contribution is -0.384. The summed E-state index contributed by atoms with van der Waals surface area (Å²) in [5.74, 6) is 0. The number of hydrogen-bond acceptors (Lipinski definition) is 5. The molecule has 3 rings (SSSR count). The first-order chi connectivity index (χ1) is 11.1. The number of nitrogens with one attached hydrogen (secondary N) is 1. The van der Waals surface area contributed by atoms with Crippen molar-refractivity contribution in [1.29, 1.82) is 0 Å². The van der Waals surface area contributed by atoms with Gasteiger partial charge in [-0.15, -0.1) is 0 Å². The van der Waals surface area contributed by atoms with E-state index >= 15 is 0 Å². The highest BCUT2D eigenvalue weighted by molar-refractivity contribution is 5.97. The van der Waals surface area contributed by atoms with Gasteiger partial charge in [-0.1, -0.05) is 6.07 Å². The van der Waals surface area contributed by atoms with E-state index in [-0.39, 0.29) is 17.8 Å². The summed E-state index contributed by atoms with van der Waals surface area (Å²) in [5.41, 5.74) is 1.43. The molecule has 7 heteroatoms. The monoisotopic (exact) mass is 312 g/mol. The standard InChI is InChI=1S/C16H16N4O3/c1-10-7-12(5-6-23-10)19-16-13-8-11(17-2)3-4-14(13)18-9-15(16)20(21)22/h3-4,8-10,12H,5-7H2,1H3,(H,18,19)/t10-,12-/m1/s1. The predicted octanol–water partition coefficient (Wildman–Crippen LogP) is 3.67. The molecule has 0 aliphatic carbocycles. The maximum atomic E-state index is 11.4. The first-order valence-corrected chi connectivity index (χ1v) is 7.41. The number of nitrogens with zero attached hydrogens (tertiary/aromatic N) is 3. The average molecular weight is 312 g/mol. The molecule has 2 aromatic rings. The van der Waals surface area contributed by atoms with Crippen molar-refractivity contribution in [3.63, 3.8) is 0 Å². The van der Waals surface area contributed by atoms with E-state index in [9.17, 15) is 10.1 Å². The lowest BCUT2D eigenvalue weighted by atomic mass is 10.0. The Kier molecular flexibility index (Phi) is 4.08. The van der Waals surface area contributed by atoms with Gasteiger partial charge in [0.05, 0.1) is 23.1 Å². The van der Waals surface area contributed by atoms with Crippen LogP contribution in [0, 0.1) is 16.7 Å². The van der Waals surface area contributed by atoms with Crippen LogP contribution in [-0.4, -0.2) is 28.7 Å². The van der Waals surface area contributed by atoms with Gasteiger partial charge in [0.1, 0.15) is 11.9 Å². The Bertz CT molecular complexity index is 800. The Labute approximate surface area is 133 Å². The molecular formula is C16H16N4O3. The second kappa shape index (κ2) is 6.18. The second-order valence-electron chi connectivity index (χ2n) is 5.64. The number of hydrogen-bond donors (Lipinski definition) is 1. The van der Waals surface area contributed by atoms with E-state index in [0.717, 1.165) is 12.8 Å². The lowest BCUT2D eigenvalue weighted by Gasteiger charge is -2.28. The van der Waals surface area contributed by atoms with Crippen LogP contribution in [-0.2, 0) is 4.74 Å². The van der Waals surface area contributed by atoms with Gasteiger partial charge >= 0.3 is 5.69 Å². The molecule has 7 nitrogen and oxygen atoms in total. The molecule has 1 fully saturated rings. The largest absolute Gasteiger partial charge is 0.378 e. The third-order valence-electron chi connectivity index (χ3n) is 3.99. The molecule has 2 heterocycles. The number of ether oxygens (including phenoxy) is 1. The number of benzene rings is 1. The SMILES string of the molecule is [C-]#[N+]c1ccc2ncc([N+](=O)[O-])c(N[C@@H]3CCO[C@H](C)C3)c2c1. The number of fused-ring (bicyclic) bond motifs is 1. The van der Waals surface area contributed by atoms with Gasteiger partial charge in [-0.05, 0) is 31.9 Å². The summed E-state index contributed by atoms with van der Waals surface area (Å²) in [6.45, 7) is 9.76. The van der Waals surface area contributed by atoms with Crippen LogP contribution in [0.5, 0.6) is 0 Å². The number of nitro groups is 1. The van der Waals surface area contributed by atoms with Crippen LogP contribution < -0.4 is 5.32 Å². The summed E-state index contributed by atoms with van der Waals surface area (Å²) in [7, 11) is 0. The van der Waals surface area contributed by atoms with Gasteiger partial charge < -0.3 is 10.1 Å². The van der Waals surface area contributed by atoms with Crippen molar-refractivity contribution in [2.45, 2.75) is 31.9 Å². The predicted molar refractivity (Wildman–Crippen MR) is 86.7 cm³/mol. The third-order valence-corrected chi connectivity index (χ3v) is 3.99. The summed E-state index contributed by atoms with van der Waals surface area (Å²) in [6.07, 6.45) is 2.95. The van der Waals surface area contributed by atoms with Crippen LogP contribution in [0.25, 0.3) is 15.7 Å². The zero-order valence-electron chi connectivity index (χ0n) is 12.7. The van der Waals surface area contributed by atoms with Gasteiger partial charge in [0.25, 0.3) is 0 Å². The number of anilines is 1. The fourth-order valence-corrected chi connectivity index (χ4v) is 2.86. The maximum Gasteiger partial charge on any atom is 0.311 e. The van der Waals surface area contributed by atoms with Crippen LogP contribution in [0.2, 0.25) is 0 Å². The lowest BCUT2D eigenvalue weighted by Crippen LogP contribution is -2.32. The van der Waals surface area contributed by atoms with Crippen LogP contribution in [0.1, 0.15) is 19.8 Å². The molecule has 1 N–H and O–H groups in total. The molecular weight excluding hydrogens is 296 g/mol. The van der Waals surface area contributed by atoms with Crippen molar-refractivity contribution < 1.29 is 9.66 Å². The molecule has 0 saturated carbocycles. The highest BCUT2D eigenvalue weighted by Crippen LogP contribution is 2.35. The van der Waals surface area contributed by atoms with Gasteiger partial charge in [0.15, 0.2) is 5.69 Å². The highest BCUT2D eigenvalue weighted by atomic mass is 16.6. The van der Waals surface area contributed by atoms with E-state index in [1.807, 2.05) is 6.92 Å². The molecule has 1 aliphatic heterocycles. The summed E-state index contributed by atoms with van der Waals surface area (Å²) in [5, 5.41) is 15.3. The minimum atomic E-state index is -0.442. The molecule has 0 radical (unpaired) electrons. The van der Waals surface area contributed by atoms with Crippen molar-refractivity contribution in [2.24, 2.45) is 0 Å². The zero-order valence-corrected chi connectivity index (χ0v) is 12.7. The molecule has 2 atom stereocenters. The van der Waals surface area contributed by atoms with Crippen LogP contribution in [0.15, 0.2) is 24.4 Å². The van der Waals surface area contributed by atoms with Crippen molar-refractivity contribution >= 4 is 28.0 Å². The molecule has 23 heavy (non-hydrogen) atoms. The van der Waals surface area contributed by atoms with Gasteiger partial charge in [-0.2, -0.15) is 0 Å². The zero-order chi connectivity index (χ0) is 16.4. The number of rotatable bonds is 3. The van der Waals surface area contributed by atoms with Crippen molar-refractivity contribution in [3.05, 3.63) is 45.9 Å². The molecule has 118 valence electrons. The Morgan fingerprint density at radius 1 is 1.52 bits per heavy atom. The van der Waals surface area contributed by atoms with Crippen LogP contribution in [0.4, 0.5) is 17.1 Å². The molecule has 0 bridgehead atoms. The average Bonchev–Trinajstić information content (AvgIpc) is 2.54. The van der Waals surface area contributed by atoms with E-state index in [1.165, 1.54) is 6.20 Å². The quantitative estimate of drug-likeness (QED) is 0.531. The van der Waals surface area contributed by atoms with E-state index in [2.05, 4.69) is 15.1 Å². The third kappa shape index (κ3) is 3.07. The molecule has 0 spiro atoms. The number of aromatic nitrogens is 1. The normalized spacial score (nSPS) is 20.9. The Hall–Kier alpha value is -2.72. The Balaban J connectivity index is 2.08. The minimum absolute atomic E-state index is 0.0706. The maximum absolute atomic E-state index is 11.4. The Morgan fingerprint density at radius 2 is 2.35 bits per heavy atom. The smallest absolute Gasteiger partial charge is 0.311 e. The molecule has 1 aromatic heterocycles. The van der Waals surface area contributed by atoms with Crippen molar-refractivity contribution in [1.82, 2.24) is 4.98 Å². The summed E-state index contributed by atoms with van der Waals surface area (Å²) in [4.78, 5) is 18.5. The molecule has 0 unspecified atom stereocenters. The first kappa shape index (κ1) is 15.2. The van der Waals surface area contributed by atoms with E-state index in [4.69, 9.17) is 11.3 Å². The molecule has 1 saturated heterocycles. The van der Waals surface area contributed by atoms with E-state index in [1.54, 1.807) is 18.2 Å². The number of pyridine rings is 1. The summed E-state index contributed by atoms with van der Waals surface area (Å²) < 4.78 is 5.52. The van der Waals surface area contributed by atoms with Gasteiger partial charge in [0, 0.05) is 18.0 Å². The van der Waals surface area contributed by atoms with Crippen molar-refractivity contribution in [3.8, 4) is 0 Å². The first-order valence-electron chi connectivity index (χ1n) is 7.41. The Morgan fingerprint density at radius 3 is 3.04 bits per heavy atom. The van der Waals surface area contributed by atoms with Gasteiger partial charge in [-0.25, -0.2) is 9.83 Å². The topological polar surface area (TPSA) is 81.7 Å². The minimum Gasteiger partial charge on any atom is -0.378 e. The summed E-state index contributed by atoms with van der Waals surface area (Å²) >= 11 is 0. The van der Waals surface area contributed by atoms with E-state index in [0.29, 0.717) is 28.9 Å². The highest BCUT2D eigenvalue weighted by Gasteiger charge is 2.24.